The second kappa shape index (κ2) is 19.1. The summed E-state index contributed by atoms with van der Waals surface area (Å²) in [5, 5.41) is 22.5. The number of anilines is 1. The fourth-order valence-electron chi connectivity index (χ4n) is 7.41. The molecule has 7 aromatic rings. The number of nitrogens with zero attached hydrogens (tertiary/aromatic N) is 7. The third-order valence-electron chi connectivity index (χ3n) is 11.0. The number of hydrogen-bond acceptors (Lipinski definition) is 14. The van der Waals surface area contributed by atoms with Crippen LogP contribution in [-0.2, 0) is 39.5 Å². The lowest BCUT2D eigenvalue weighted by Gasteiger charge is -2.35. The van der Waals surface area contributed by atoms with E-state index in [4.69, 9.17) is 25.0 Å². The molecule has 0 aliphatic rings. The van der Waals surface area contributed by atoms with E-state index in [1.165, 1.54) is 53.7 Å². The molecule has 0 saturated carbocycles. The molecule has 3 N–H and O–H groups in total. The van der Waals surface area contributed by atoms with Gasteiger partial charge in [-0.1, -0.05) is 65.9 Å². The molecule has 7 rings (SSSR count). The van der Waals surface area contributed by atoms with Gasteiger partial charge in [0, 0.05) is 30.7 Å². The Kier molecular flexibility index (Phi) is 13.7. The number of aromatic nitrogens is 5. The van der Waals surface area contributed by atoms with E-state index in [-0.39, 0.29) is 41.7 Å². The van der Waals surface area contributed by atoms with Crippen molar-refractivity contribution in [3.05, 3.63) is 120 Å². The van der Waals surface area contributed by atoms with Gasteiger partial charge in [-0.3, -0.25) is 0 Å². The summed E-state index contributed by atoms with van der Waals surface area (Å²) in [5.74, 6) is 1.54. The van der Waals surface area contributed by atoms with Gasteiger partial charge < -0.3 is 30.0 Å². The second-order valence-electron chi connectivity index (χ2n) is 16.4. The number of nitrogen functional groups attached to an aromatic ring is 1. The van der Waals surface area contributed by atoms with E-state index >= 15 is 16.8 Å². The van der Waals surface area contributed by atoms with Crippen LogP contribution < -0.4 is 19.9 Å². The van der Waals surface area contributed by atoms with Crippen molar-refractivity contribution >= 4 is 52.6 Å². The van der Waals surface area contributed by atoms with Crippen LogP contribution in [0, 0.1) is 0 Å². The van der Waals surface area contributed by atoms with E-state index in [2.05, 4.69) is 15.3 Å². The van der Waals surface area contributed by atoms with E-state index < -0.39 is 53.1 Å². The van der Waals surface area contributed by atoms with Crippen LogP contribution in [0.25, 0.3) is 32.7 Å². The van der Waals surface area contributed by atoms with Crippen LogP contribution in [0.1, 0.15) is 44.4 Å². The predicted molar refractivity (Wildman–Crippen MR) is 252 cm³/mol. The zero-order valence-corrected chi connectivity index (χ0v) is 39.8. The predicted octanol–water partition coefficient (Wildman–Crippen LogP) is 7.60. The number of amides is 1. The van der Waals surface area contributed by atoms with Crippen molar-refractivity contribution in [1.29, 1.82) is 0 Å². The maximum Gasteiger partial charge on any atom is 0.407 e. The van der Waals surface area contributed by atoms with Crippen LogP contribution in [0.3, 0.4) is 0 Å². The Balaban J connectivity index is 1.53. The maximum atomic E-state index is 16.2. The minimum atomic E-state index is -4.98. The first-order valence-corrected chi connectivity index (χ1v) is 24.4. The van der Waals surface area contributed by atoms with Crippen LogP contribution in [-0.4, -0.2) is 101 Å². The Morgan fingerprint density at radius 3 is 1.85 bits per heavy atom. The van der Waals surface area contributed by atoms with Crippen molar-refractivity contribution < 1.29 is 40.9 Å². The van der Waals surface area contributed by atoms with Gasteiger partial charge in [-0.05, 0) is 104 Å². The van der Waals surface area contributed by atoms with Gasteiger partial charge in [0.05, 0.1) is 53.8 Å². The zero-order chi connectivity index (χ0) is 47.6. The van der Waals surface area contributed by atoms with E-state index in [1.54, 1.807) is 101 Å². The number of benzene rings is 5. The van der Waals surface area contributed by atoms with Crippen molar-refractivity contribution in [2.45, 2.75) is 67.9 Å². The molecule has 0 fully saturated rings. The molecule has 2 heterocycles. The van der Waals surface area contributed by atoms with Gasteiger partial charge in [0.25, 0.3) is 0 Å². The number of thiazole rings is 1. The molecule has 0 spiro atoms. The van der Waals surface area contributed by atoms with Gasteiger partial charge in [0.15, 0.2) is 15.0 Å². The summed E-state index contributed by atoms with van der Waals surface area (Å²) in [6, 6.07) is 28.9. The van der Waals surface area contributed by atoms with Crippen molar-refractivity contribution in [3.8, 4) is 39.8 Å². The Morgan fingerprint density at radius 2 is 1.33 bits per heavy atom. The summed E-state index contributed by atoms with van der Waals surface area (Å²) in [7, 11) is -5.11. The molecule has 0 unspecified atom stereocenters. The summed E-state index contributed by atoms with van der Waals surface area (Å²) >= 11 is 1.23. The highest BCUT2D eigenvalue weighted by Crippen LogP contribution is 2.44. The fourth-order valence-corrected chi connectivity index (χ4v) is 11.9. The van der Waals surface area contributed by atoms with Gasteiger partial charge >= 0.3 is 6.09 Å². The number of fused-ring (bicyclic) bond motifs is 1. The van der Waals surface area contributed by atoms with Gasteiger partial charge in [-0.15, -0.1) is 10.2 Å². The first kappa shape index (κ1) is 47.4. The van der Waals surface area contributed by atoms with Crippen LogP contribution in [0.2, 0.25) is 0 Å². The van der Waals surface area contributed by atoms with Crippen molar-refractivity contribution in [3.63, 3.8) is 0 Å². The molecule has 20 heteroatoms. The lowest BCUT2D eigenvalue weighted by Crippen LogP contribution is -2.49. The molecule has 1 amide bonds. The zero-order valence-electron chi connectivity index (χ0n) is 37.4. The van der Waals surface area contributed by atoms with Crippen LogP contribution in [0.5, 0.6) is 17.2 Å². The number of rotatable bonds is 17. The number of hydrogen-bond donors (Lipinski definition) is 2. The average Bonchev–Trinajstić information content (AvgIpc) is 3.93. The number of carbonyl (C=O) groups is 1. The molecule has 346 valence electrons. The first-order valence-electron chi connectivity index (χ1n) is 20.6. The molecule has 5 aromatic carbocycles. The lowest BCUT2D eigenvalue weighted by molar-refractivity contribution is 0.101. The molecule has 0 saturated heterocycles. The third-order valence-corrected chi connectivity index (χ3v) is 16.0. The SMILES string of the molecule is COc1ccc(CN(Cc2ccc(OC)cc2)S(=O)(=O)c2c(S(=O)(=O)[C@@H](C)CN(C(=O)O)C(C)(C)C)ccc(-c3cccc4sc(N)nc34)c2-c2nnn(Cc3ccc(OC)cc3)n2)cc1. The largest absolute Gasteiger partial charge is 0.497 e. The number of tetrazole rings is 1. The number of sulfonamides is 1. The molecule has 66 heavy (non-hydrogen) atoms. The van der Waals surface area contributed by atoms with E-state index in [9.17, 15) is 9.90 Å². The third kappa shape index (κ3) is 9.96. The molecule has 1 atom stereocenters. The first-order chi connectivity index (χ1) is 31.3. The Labute approximate surface area is 387 Å². The summed E-state index contributed by atoms with van der Waals surface area (Å²) < 4.78 is 80.8. The molecular weight excluding hydrogens is 905 g/mol. The average molecular weight is 955 g/mol. The number of nitrogens with two attached hydrogens (primary N) is 1. The number of carboxylic acid groups (broad SMARTS) is 1. The molecule has 0 aliphatic heterocycles. The van der Waals surface area contributed by atoms with Gasteiger partial charge in [-0.25, -0.2) is 26.6 Å². The van der Waals surface area contributed by atoms with Crippen molar-refractivity contribution in [2.75, 3.05) is 33.6 Å². The van der Waals surface area contributed by atoms with Crippen LogP contribution in [0.4, 0.5) is 9.93 Å². The van der Waals surface area contributed by atoms with Gasteiger partial charge in [0.1, 0.15) is 22.1 Å². The summed E-state index contributed by atoms with van der Waals surface area (Å²) in [5.41, 5.74) is 8.06. The molecule has 0 aliphatic carbocycles. The standard InChI is InChI=1S/C46H50N8O9S3/c1-29(25-53(45(55)56)46(2,3)4)65(57,58)39-24-23-36(37-9-8-10-38-41(37)48-44(47)64-38)40(43-49-51-54(50-43)28-32-15-21-35(63-7)22-16-32)42(39)66(59,60)52(26-30-11-17-33(61-5)18-12-30)27-31-13-19-34(62-6)20-14-31/h8-24,29H,25-28H2,1-7H3,(H2,47,48)(H,55,56)/t29-/m0/s1. The molecule has 0 bridgehead atoms. The smallest absolute Gasteiger partial charge is 0.407 e. The normalized spacial score (nSPS) is 12.6. The molecule has 17 nitrogen and oxygen atoms in total. The quantitative estimate of drug-likeness (QED) is 0.0897. The van der Waals surface area contributed by atoms with Crippen molar-refractivity contribution in [2.24, 2.45) is 0 Å². The highest BCUT2D eigenvalue weighted by molar-refractivity contribution is 7.94. The molecule has 2 aromatic heterocycles. The Bertz CT molecular complexity index is 3030. The van der Waals surface area contributed by atoms with Crippen molar-refractivity contribution in [1.82, 2.24) is 34.4 Å². The van der Waals surface area contributed by atoms with Crippen LogP contribution in [0.15, 0.2) is 113 Å². The number of methoxy groups -OCH3 is 3. The summed E-state index contributed by atoms with van der Waals surface area (Å²) in [6.45, 7) is 5.49. The maximum absolute atomic E-state index is 16.2. The molecular formula is C46H50N8O9S3. The monoisotopic (exact) mass is 954 g/mol. The number of para-hydroxylation sites is 1. The number of sulfone groups is 1. The summed E-state index contributed by atoms with van der Waals surface area (Å²) in [4.78, 5) is 18.3. The lowest BCUT2D eigenvalue weighted by atomic mass is 9.98. The minimum Gasteiger partial charge on any atom is -0.497 e. The van der Waals surface area contributed by atoms with Gasteiger partial charge in [0.2, 0.25) is 15.8 Å². The Hall–Kier alpha value is -6.61. The second-order valence-corrected chi connectivity index (χ2v) is 21.7. The summed E-state index contributed by atoms with van der Waals surface area (Å²) in [6.07, 6.45) is -1.34. The topological polar surface area (TPSA) is 222 Å². The minimum absolute atomic E-state index is 0.112. The highest BCUT2D eigenvalue weighted by Gasteiger charge is 2.41. The highest BCUT2D eigenvalue weighted by atomic mass is 32.2. The molecule has 0 radical (unpaired) electrons. The van der Waals surface area contributed by atoms with E-state index in [0.29, 0.717) is 44.2 Å². The van der Waals surface area contributed by atoms with Gasteiger partial charge in [-0.2, -0.15) is 9.10 Å². The van der Waals surface area contributed by atoms with Crippen LogP contribution >= 0.6 is 11.3 Å². The Morgan fingerprint density at radius 1 is 0.788 bits per heavy atom. The fraction of sp³-hybridized carbons (Fsp3) is 0.283. The van der Waals surface area contributed by atoms with E-state index in [0.717, 1.165) is 10.5 Å². The number of ether oxygens (including phenoxy) is 3. The van der Waals surface area contributed by atoms with E-state index in [1.807, 2.05) is 18.2 Å².